The molecular formula is C26H37N7O. The third-order valence-corrected chi connectivity index (χ3v) is 7.12. The van der Waals surface area contributed by atoms with Crippen LogP contribution in [-0.4, -0.2) is 68.6 Å². The second kappa shape index (κ2) is 10.8. The minimum absolute atomic E-state index is 0.193. The number of nitrogens with one attached hydrogen (secondary N) is 2. The quantitative estimate of drug-likeness (QED) is 0.440. The number of piperazine rings is 1. The van der Waals surface area contributed by atoms with Crippen LogP contribution < -0.4 is 10.6 Å². The molecule has 3 N–H and O–H groups in total. The second-order valence-corrected chi connectivity index (χ2v) is 9.69. The Morgan fingerprint density at radius 2 is 1.85 bits per heavy atom. The van der Waals surface area contributed by atoms with Gasteiger partial charge in [0.15, 0.2) is 5.65 Å². The third kappa shape index (κ3) is 5.24. The van der Waals surface area contributed by atoms with E-state index in [1.807, 2.05) is 6.20 Å². The molecule has 0 radical (unpaired) electrons. The van der Waals surface area contributed by atoms with E-state index in [1.54, 1.807) is 0 Å². The summed E-state index contributed by atoms with van der Waals surface area (Å²) in [6, 6.07) is 9.06. The van der Waals surface area contributed by atoms with E-state index in [9.17, 15) is 5.11 Å². The summed E-state index contributed by atoms with van der Waals surface area (Å²) in [7, 11) is 0. The van der Waals surface area contributed by atoms with Gasteiger partial charge in [-0.2, -0.15) is 10.1 Å². The Labute approximate surface area is 201 Å². The van der Waals surface area contributed by atoms with Crippen molar-refractivity contribution in [2.24, 2.45) is 0 Å². The number of rotatable bonds is 8. The topological polar surface area (TPSA) is 91.1 Å². The Hall–Kier alpha value is -2.55. The molecule has 1 saturated carbocycles. The largest absolute Gasteiger partial charge is 0.393 e. The van der Waals surface area contributed by atoms with Crippen molar-refractivity contribution < 1.29 is 5.11 Å². The SMILES string of the molecule is CCCCNc1ncc2c(-c3ccc(CN4CCNCC4)cc3)nn([C@H]3CC[C@H](O)CC3)c2n1. The number of hydrogen-bond acceptors (Lipinski definition) is 7. The van der Waals surface area contributed by atoms with Gasteiger partial charge < -0.3 is 15.7 Å². The van der Waals surface area contributed by atoms with Crippen LogP contribution in [0.3, 0.4) is 0 Å². The molecule has 3 heterocycles. The average Bonchev–Trinajstić information content (AvgIpc) is 3.25. The number of benzene rings is 1. The summed E-state index contributed by atoms with van der Waals surface area (Å²) < 4.78 is 2.10. The van der Waals surface area contributed by atoms with Crippen molar-refractivity contribution in [3.05, 3.63) is 36.0 Å². The van der Waals surface area contributed by atoms with Crippen molar-refractivity contribution in [2.75, 3.05) is 38.0 Å². The zero-order chi connectivity index (χ0) is 23.3. The summed E-state index contributed by atoms with van der Waals surface area (Å²) in [4.78, 5) is 12.0. The lowest BCUT2D eigenvalue weighted by Crippen LogP contribution is -2.42. The van der Waals surface area contributed by atoms with Gasteiger partial charge in [0, 0.05) is 51.0 Å². The Balaban J connectivity index is 1.43. The van der Waals surface area contributed by atoms with Crippen LogP contribution in [0.15, 0.2) is 30.5 Å². The number of nitrogens with zero attached hydrogens (tertiary/aromatic N) is 5. The van der Waals surface area contributed by atoms with Crippen LogP contribution in [-0.2, 0) is 6.54 Å². The summed E-state index contributed by atoms with van der Waals surface area (Å²) in [5.74, 6) is 0.663. The summed E-state index contributed by atoms with van der Waals surface area (Å²) in [6.45, 7) is 8.35. The number of anilines is 1. The van der Waals surface area contributed by atoms with E-state index in [4.69, 9.17) is 10.1 Å². The lowest BCUT2D eigenvalue weighted by molar-refractivity contribution is 0.109. The molecule has 1 aromatic carbocycles. The molecule has 0 bridgehead atoms. The average molecular weight is 464 g/mol. The third-order valence-electron chi connectivity index (χ3n) is 7.12. The minimum Gasteiger partial charge on any atom is -0.393 e. The van der Waals surface area contributed by atoms with Gasteiger partial charge >= 0.3 is 0 Å². The van der Waals surface area contributed by atoms with Crippen molar-refractivity contribution in [2.45, 2.75) is 64.1 Å². The molecule has 0 amide bonds. The molecule has 2 aliphatic rings. The van der Waals surface area contributed by atoms with Crippen molar-refractivity contribution >= 4 is 17.0 Å². The summed E-state index contributed by atoms with van der Waals surface area (Å²) >= 11 is 0. The predicted octanol–water partition coefficient (Wildman–Crippen LogP) is 3.59. The van der Waals surface area contributed by atoms with Gasteiger partial charge in [0.05, 0.1) is 17.5 Å². The molecule has 1 saturated heterocycles. The highest BCUT2D eigenvalue weighted by molar-refractivity contribution is 5.91. The fraction of sp³-hybridized carbons (Fsp3) is 0.577. The number of aliphatic hydroxyl groups is 1. The van der Waals surface area contributed by atoms with Gasteiger partial charge in [-0.1, -0.05) is 37.6 Å². The van der Waals surface area contributed by atoms with E-state index in [2.05, 4.69) is 56.4 Å². The normalized spacial score (nSPS) is 21.7. The van der Waals surface area contributed by atoms with Crippen LogP contribution >= 0.6 is 0 Å². The van der Waals surface area contributed by atoms with Gasteiger partial charge in [0.2, 0.25) is 5.95 Å². The van der Waals surface area contributed by atoms with Crippen molar-refractivity contribution in [3.8, 4) is 11.3 Å². The molecule has 2 aromatic heterocycles. The molecule has 8 heteroatoms. The zero-order valence-corrected chi connectivity index (χ0v) is 20.2. The lowest BCUT2D eigenvalue weighted by atomic mass is 9.93. The first kappa shape index (κ1) is 23.2. The highest BCUT2D eigenvalue weighted by atomic mass is 16.3. The monoisotopic (exact) mass is 463 g/mol. The number of aromatic nitrogens is 4. The highest BCUT2D eigenvalue weighted by Gasteiger charge is 2.25. The van der Waals surface area contributed by atoms with Gasteiger partial charge in [-0.25, -0.2) is 9.67 Å². The van der Waals surface area contributed by atoms with Gasteiger partial charge in [-0.05, 0) is 37.7 Å². The summed E-state index contributed by atoms with van der Waals surface area (Å²) in [6.07, 6.45) is 7.42. The smallest absolute Gasteiger partial charge is 0.224 e. The number of aliphatic hydroxyl groups excluding tert-OH is 1. The molecule has 34 heavy (non-hydrogen) atoms. The van der Waals surface area contributed by atoms with Gasteiger partial charge in [-0.3, -0.25) is 4.90 Å². The molecule has 1 aliphatic heterocycles. The summed E-state index contributed by atoms with van der Waals surface area (Å²) in [5.41, 5.74) is 4.25. The maximum atomic E-state index is 10.0. The van der Waals surface area contributed by atoms with Gasteiger partial charge in [-0.15, -0.1) is 0 Å². The Morgan fingerprint density at radius 3 is 2.59 bits per heavy atom. The number of hydrogen-bond donors (Lipinski definition) is 3. The summed E-state index contributed by atoms with van der Waals surface area (Å²) in [5, 5.41) is 22.8. The van der Waals surface area contributed by atoms with Crippen LogP contribution in [0.1, 0.15) is 57.1 Å². The molecule has 2 fully saturated rings. The van der Waals surface area contributed by atoms with E-state index in [1.165, 1.54) is 5.56 Å². The Kier molecular flexibility index (Phi) is 7.37. The maximum absolute atomic E-state index is 10.0. The molecular weight excluding hydrogens is 426 g/mol. The van der Waals surface area contributed by atoms with Crippen molar-refractivity contribution in [1.82, 2.24) is 30.0 Å². The number of fused-ring (bicyclic) bond motifs is 1. The predicted molar refractivity (Wildman–Crippen MR) is 136 cm³/mol. The van der Waals surface area contributed by atoms with Crippen molar-refractivity contribution in [1.29, 1.82) is 0 Å². The van der Waals surface area contributed by atoms with Crippen LogP contribution in [0, 0.1) is 0 Å². The molecule has 182 valence electrons. The Bertz CT molecular complexity index is 1070. The minimum atomic E-state index is -0.193. The maximum Gasteiger partial charge on any atom is 0.224 e. The van der Waals surface area contributed by atoms with Crippen molar-refractivity contribution in [3.63, 3.8) is 0 Å². The van der Waals surface area contributed by atoms with E-state index >= 15 is 0 Å². The van der Waals surface area contributed by atoms with Crippen LogP contribution in [0.4, 0.5) is 5.95 Å². The first-order valence-electron chi connectivity index (χ1n) is 12.9. The standard InChI is InChI=1S/C26H37N7O/c1-2-3-12-28-26-29-17-23-24(31-33(25(23)30-26)21-8-10-22(34)11-9-21)20-6-4-19(5-7-20)18-32-15-13-27-14-16-32/h4-7,17,21-22,27,34H,2-3,8-16,18H2,1H3,(H,28,29,30)/t21-,22-. The van der Waals surface area contributed by atoms with E-state index in [0.29, 0.717) is 5.95 Å². The Morgan fingerprint density at radius 1 is 1.09 bits per heavy atom. The van der Waals surface area contributed by atoms with E-state index < -0.39 is 0 Å². The molecule has 1 aliphatic carbocycles. The van der Waals surface area contributed by atoms with Crippen LogP contribution in [0.2, 0.25) is 0 Å². The van der Waals surface area contributed by atoms with Gasteiger partial charge in [0.25, 0.3) is 0 Å². The van der Waals surface area contributed by atoms with Crippen LogP contribution in [0.25, 0.3) is 22.3 Å². The van der Waals surface area contributed by atoms with Crippen LogP contribution in [0.5, 0.6) is 0 Å². The molecule has 0 spiro atoms. The molecule has 5 rings (SSSR count). The highest BCUT2D eigenvalue weighted by Crippen LogP contribution is 2.34. The molecule has 8 nitrogen and oxygen atoms in total. The molecule has 0 atom stereocenters. The zero-order valence-electron chi connectivity index (χ0n) is 20.2. The number of unbranched alkanes of at least 4 members (excludes halogenated alkanes) is 1. The molecule has 3 aromatic rings. The second-order valence-electron chi connectivity index (χ2n) is 9.69. The fourth-order valence-electron chi connectivity index (χ4n) is 5.05. The fourth-order valence-corrected chi connectivity index (χ4v) is 5.05. The van der Waals surface area contributed by atoms with E-state index in [0.717, 1.165) is 100 Å². The lowest BCUT2D eigenvalue weighted by Gasteiger charge is -2.27. The van der Waals surface area contributed by atoms with Gasteiger partial charge in [0.1, 0.15) is 5.69 Å². The van der Waals surface area contributed by atoms with E-state index in [-0.39, 0.29) is 12.1 Å². The molecule has 0 unspecified atom stereocenters. The first-order chi connectivity index (χ1) is 16.7. The first-order valence-corrected chi connectivity index (χ1v) is 12.9.